The average Bonchev–Trinajstić information content (AvgIpc) is 2.85. The summed E-state index contributed by atoms with van der Waals surface area (Å²) in [5.41, 5.74) is 4.32. The molecule has 172 valence electrons. The van der Waals surface area contributed by atoms with E-state index in [-0.39, 0.29) is 18.2 Å². The topological polar surface area (TPSA) is 79.3 Å². The van der Waals surface area contributed by atoms with Gasteiger partial charge in [-0.25, -0.2) is 0 Å². The number of benzene rings is 3. The highest BCUT2D eigenvalue weighted by Gasteiger charge is 2.17. The second kappa shape index (κ2) is 10.5. The number of aliphatic carboxylic acids is 1. The van der Waals surface area contributed by atoms with Crippen molar-refractivity contribution in [3.63, 3.8) is 0 Å². The van der Waals surface area contributed by atoms with Gasteiger partial charge in [-0.15, -0.1) is 0 Å². The van der Waals surface area contributed by atoms with Gasteiger partial charge in [-0.2, -0.15) is 0 Å². The van der Waals surface area contributed by atoms with E-state index in [4.69, 9.17) is 11.6 Å². The molecular weight excluding hydrogens is 448 g/mol. The molecule has 0 saturated carbocycles. The molecule has 6 heteroatoms. The molecule has 4 rings (SSSR count). The third-order valence-electron chi connectivity index (χ3n) is 5.95. The fourth-order valence-electron chi connectivity index (χ4n) is 4.08. The van der Waals surface area contributed by atoms with Gasteiger partial charge in [0.1, 0.15) is 0 Å². The van der Waals surface area contributed by atoms with Gasteiger partial charge in [-0.3, -0.25) is 14.6 Å². The number of amides is 1. The predicted octanol–water partition coefficient (Wildman–Crippen LogP) is 5.64. The number of hydrogen-bond donors (Lipinski definition) is 2. The molecule has 0 saturated heterocycles. The minimum Gasteiger partial charge on any atom is -0.481 e. The van der Waals surface area contributed by atoms with Crippen molar-refractivity contribution in [2.24, 2.45) is 0 Å². The van der Waals surface area contributed by atoms with Gasteiger partial charge in [0.05, 0.1) is 12.1 Å². The van der Waals surface area contributed by atoms with Crippen LogP contribution in [-0.4, -0.2) is 28.5 Å². The average molecular weight is 473 g/mol. The number of carbonyl (C=O) groups excluding carboxylic acids is 1. The summed E-state index contributed by atoms with van der Waals surface area (Å²) in [5.74, 6) is -1.02. The van der Waals surface area contributed by atoms with Gasteiger partial charge >= 0.3 is 5.97 Å². The molecule has 1 unspecified atom stereocenters. The van der Waals surface area contributed by atoms with Crippen molar-refractivity contribution in [1.29, 1.82) is 0 Å². The Morgan fingerprint density at radius 3 is 2.32 bits per heavy atom. The van der Waals surface area contributed by atoms with E-state index in [1.54, 1.807) is 6.20 Å². The number of hydrogen-bond acceptors (Lipinski definition) is 3. The monoisotopic (exact) mass is 472 g/mol. The Bertz CT molecular complexity index is 1320. The number of rotatable bonds is 8. The number of nitrogens with one attached hydrogen (secondary N) is 1. The van der Waals surface area contributed by atoms with Crippen molar-refractivity contribution >= 4 is 34.2 Å². The van der Waals surface area contributed by atoms with Crippen LogP contribution in [0.5, 0.6) is 0 Å². The van der Waals surface area contributed by atoms with Crippen LogP contribution >= 0.6 is 11.6 Å². The lowest BCUT2D eigenvalue weighted by Gasteiger charge is -2.16. The van der Waals surface area contributed by atoms with Gasteiger partial charge in [0, 0.05) is 34.6 Å². The molecule has 1 atom stereocenters. The van der Waals surface area contributed by atoms with E-state index < -0.39 is 5.97 Å². The van der Waals surface area contributed by atoms with E-state index in [0.717, 1.165) is 34.0 Å². The second-order valence-electron chi connectivity index (χ2n) is 8.26. The first kappa shape index (κ1) is 23.5. The summed E-state index contributed by atoms with van der Waals surface area (Å²) >= 11 is 5.91. The van der Waals surface area contributed by atoms with Crippen molar-refractivity contribution < 1.29 is 14.7 Å². The van der Waals surface area contributed by atoms with Crippen molar-refractivity contribution in [1.82, 2.24) is 10.3 Å². The molecule has 0 aliphatic carbocycles. The molecule has 0 bridgehead atoms. The Kier molecular flexibility index (Phi) is 7.24. The number of carbonyl (C=O) groups is 2. The Morgan fingerprint density at radius 1 is 0.971 bits per heavy atom. The van der Waals surface area contributed by atoms with Crippen LogP contribution in [0.1, 0.15) is 45.6 Å². The molecule has 0 radical (unpaired) electrons. The maximum Gasteiger partial charge on any atom is 0.307 e. The molecule has 1 aromatic heterocycles. The second-order valence-corrected chi connectivity index (χ2v) is 8.70. The van der Waals surface area contributed by atoms with Gasteiger partial charge in [0.25, 0.3) is 5.91 Å². The minimum atomic E-state index is -0.880. The third-order valence-corrected chi connectivity index (χ3v) is 6.20. The van der Waals surface area contributed by atoms with Gasteiger partial charge in [0.2, 0.25) is 0 Å². The number of nitrogens with zero attached hydrogens (tertiary/aromatic N) is 1. The zero-order chi connectivity index (χ0) is 24.1. The highest BCUT2D eigenvalue weighted by molar-refractivity contribution is 6.30. The Labute approximate surface area is 203 Å². The zero-order valence-electron chi connectivity index (χ0n) is 18.8. The first-order valence-corrected chi connectivity index (χ1v) is 11.5. The Morgan fingerprint density at radius 2 is 1.65 bits per heavy atom. The van der Waals surface area contributed by atoms with Gasteiger partial charge in [0.15, 0.2) is 0 Å². The van der Waals surface area contributed by atoms with Crippen LogP contribution < -0.4 is 5.32 Å². The molecule has 1 heterocycles. The van der Waals surface area contributed by atoms with Crippen LogP contribution in [0.4, 0.5) is 0 Å². The van der Waals surface area contributed by atoms with Crippen molar-refractivity contribution in [3.8, 4) is 0 Å². The van der Waals surface area contributed by atoms with Gasteiger partial charge in [-0.1, -0.05) is 67.1 Å². The molecule has 3 aromatic carbocycles. The van der Waals surface area contributed by atoms with E-state index in [0.29, 0.717) is 22.7 Å². The van der Waals surface area contributed by atoms with E-state index in [1.807, 2.05) is 72.8 Å². The van der Waals surface area contributed by atoms with Crippen molar-refractivity contribution in [2.45, 2.75) is 25.7 Å². The smallest absolute Gasteiger partial charge is 0.307 e. The molecule has 0 aliphatic rings. The summed E-state index contributed by atoms with van der Waals surface area (Å²) < 4.78 is 0. The van der Waals surface area contributed by atoms with Crippen LogP contribution in [0.25, 0.3) is 10.8 Å². The van der Waals surface area contributed by atoms with Crippen molar-refractivity contribution in [2.75, 3.05) is 6.54 Å². The van der Waals surface area contributed by atoms with E-state index in [1.165, 1.54) is 0 Å². The predicted molar refractivity (Wildman–Crippen MR) is 135 cm³/mol. The van der Waals surface area contributed by atoms with Crippen LogP contribution in [0.15, 0.2) is 79.0 Å². The minimum absolute atomic E-state index is 0.0224. The van der Waals surface area contributed by atoms with E-state index in [9.17, 15) is 14.7 Å². The molecule has 5 nitrogen and oxygen atoms in total. The summed E-state index contributed by atoms with van der Waals surface area (Å²) in [6.07, 6.45) is 2.32. The number of halogens is 1. The lowest BCUT2D eigenvalue weighted by Crippen LogP contribution is -2.25. The molecule has 0 aliphatic heterocycles. The number of carboxylic acid groups (broad SMARTS) is 1. The number of pyridine rings is 1. The molecule has 34 heavy (non-hydrogen) atoms. The number of aromatic nitrogens is 1. The lowest BCUT2D eigenvalue weighted by atomic mass is 9.91. The van der Waals surface area contributed by atoms with Gasteiger partial charge in [-0.05, 0) is 52.8 Å². The summed E-state index contributed by atoms with van der Waals surface area (Å²) in [5, 5.41) is 14.7. The summed E-state index contributed by atoms with van der Waals surface area (Å²) in [6, 6.07) is 22.9. The summed E-state index contributed by atoms with van der Waals surface area (Å²) in [7, 11) is 0. The zero-order valence-corrected chi connectivity index (χ0v) is 19.5. The quantitative estimate of drug-likeness (QED) is 0.348. The van der Waals surface area contributed by atoms with Crippen LogP contribution in [0.3, 0.4) is 0 Å². The van der Waals surface area contributed by atoms with Crippen LogP contribution in [0.2, 0.25) is 5.02 Å². The van der Waals surface area contributed by atoms with Crippen molar-refractivity contribution in [3.05, 3.63) is 112 Å². The molecule has 4 aromatic rings. The first-order valence-electron chi connectivity index (χ1n) is 11.1. The fraction of sp³-hybridized carbons (Fsp3) is 0.179. The molecule has 0 fully saturated rings. The fourth-order valence-corrected chi connectivity index (χ4v) is 4.20. The highest BCUT2D eigenvalue weighted by atomic mass is 35.5. The molecule has 0 spiro atoms. The normalized spacial score (nSPS) is 11.8. The maximum absolute atomic E-state index is 12.5. The third kappa shape index (κ3) is 5.43. The molecular formula is C28H25ClN2O3. The maximum atomic E-state index is 12.5. The number of carboxylic acids is 1. The SMILES string of the molecule is CC(c1ccc(C(=O)NCCc2ccc(Cl)cc2)cc1)c1ncc(CC(=O)O)c2ccccc12. The highest BCUT2D eigenvalue weighted by Crippen LogP contribution is 2.30. The van der Waals surface area contributed by atoms with E-state index >= 15 is 0 Å². The Hall–Kier alpha value is -3.70. The largest absolute Gasteiger partial charge is 0.481 e. The molecule has 1 amide bonds. The Balaban J connectivity index is 1.46. The van der Waals surface area contributed by atoms with Gasteiger partial charge < -0.3 is 10.4 Å². The summed E-state index contributed by atoms with van der Waals surface area (Å²) in [4.78, 5) is 28.4. The van der Waals surface area contributed by atoms with Crippen LogP contribution in [0, 0.1) is 0 Å². The first-order chi connectivity index (χ1) is 16.4. The van der Waals surface area contributed by atoms with E-state index in [2.05, 4.69) is 17.2 Å². The standard InChI is InChI=1S/C28H25ClN2O3/c1-18(27-25-5-3-2-4-24(25)22(17-31-27)16-26(32)33)20-8-10-21(11-9-20)28(34)30-15-14-19-6-12-23(29)13-7-19/h2-13,17-18H,14-16H2,1H3,(H,30,34)(H,32,33). The van der Waals surface area contributed by atoms with Crippen LogP contribution in [-0.2, 0) is 17.6 Å². The molecule has 2 N–H and O–H groups in total. The lowest BCUT2D eigenvalue weighted by molar-refractivity contribution is -0.136. The summed E-state index contributed by atoms with van der Waals surface area (Å²) in [6.45, 7) is 2.60. The number of fused-ring (bicyclic) bond motifs is 1.